The van der Waals surface area contributed by atoms with E-state index in [4.69, 9.17) is 9.47 Å². The third kappa shape index (κ3) is 3.73. The molecule has 0 bridgehead atoms. The maximum Gasteiger partial charge on any atom is 0.123 e. The van der Waals surface area contributed by atoms with Crippen LogP contribution in [0.2, 0.25) is 0 Å². The second-order valence-electron chi connectivity index (χ2n) is 4.33. The Bertz CT molecular complexity index is 494. The van der Waals surface area contributed by atoms with Gasteiger partial charge in [0.25, 0.3) is 0 Å². The zero-order valence-electron chi connectivity index (χ0n) is 11.8. The molecule has 0 unspecified atom stereocenters. The molecule has 0 aliphatic heterocycles. The minimum Gasteiger partial charge on any atom is -0.496 e. The van der Waals surface area contributed by atoms with Gasteiger partial charge in [-0.2, -0.15) is 0 Å². The van der Waals surface area contributed by atoms with E-state index in [0.29, 0.717) is 13.1 Å². The standard InChI is InChI=1S/C16H20N2O2/c1-19-15-9-5-3-7-13(15)11-17-18-12-14-8-4-6-10-16(14)20-2/h3-10,17-18H,11-12H2,1-2H3. The molecule has 2 rings (SSSR count). The average Bonchev–Trinajstić information content (AvgIpc) is 2.52. The summed E-state index contributed by atoms with van der Waals surface area (Å²) in [6.45, 7) is 1.39. The van der Waals surface area contributed by atoms with Crippen LogP contribution in [0.25, 0.3) is 0 Å². The predicted octanol–water partition coefficient (Wildman–Crippen LogP) is 2.50. The van der Waals surface area contributed by atoms with Gasteiger partial charge in [0, 0.05) is 24.2 Å². The Labute approximate surface area is 119 Å². The van der Waals surface area contributed by atoms with E-state index in [9.17, 15) is 0 Å². The number of para-hydroxylation sites is 2. The van der Waals surface area contributed by atoms with Crippen LogP contribution < -0.4 is 20.3 Å². The van der Waals surface area contributed by atoms with Crippen molar-refractivity contribution in [1.82, 2.24) is 10.9 Å². The van der Waals surface area contributed by atoms with Gasteiger partial charge in [0.05, 0.1) is 14.2 Å². The summed E-state index contributed by atoms with van der Waals surface area (Å²) in [6.07, 6.45) is 0. The fourth-order valence-electron chi connectivity index (χ4n) is 2.01. The van der Waals surface area contributed by atoms with E-state index in [1.54, 1.807) is 14.2 Å². The first kappa shape index (κ1) is 14.4. The predicted molar refractivity (Wildman–Crippen MR) is 79.7 cm³/mol. The fourth-order valence-corrected chi connectivity index (χ4v) is 2.01. The van der Waals surface area contributed by atoms with E-state index in [0.717, 1.165) is 22.6 Å². The van der Waals surface area contributed by atoms with Crippen LogP contribution in [0.3, 0.4) is 0 Å². The van der Waals surface area contributed by atoms with Crippen molar-refractivity contribution < 1.29 is 9.47 Å². The first-order valence-electron chi connectivity index (χ1n) is 6.54. The van der Waals surface area contributed by atoms with Crippen molar-refractivity contribution >= 4 is 0 Å². The first-order chi connectivity index (χ1) is 9.85. The van der Waals surface area contributed by atoms with Crippen molar-refractivity contribution in [2.24, 2.45) is 0 Å². The molecule has 4 nitrogen and oxygen atoms in total. The molecule has 20 heavy (non-hydrogen) atoms. The molecule has 0 saturated carbocycles. The number of nitrogens with one attached hydrogen (secondary N) is 2. The molecule has 0 aliphatic rings. The van der Waals surface area contributed by atoms with Crippen molar-refractivity contribution in [3.8, 4) is 11.5 Å². The molecule has 0 heterocycles. The van der Waals surface area contributed by atoms with Crippen molar-refractivity contribution in [2.45, 2.75) is 13.1 Å². The van der Waals surface area contributed by atoms with Gasteiger partial charge in [0.2, 0.25) is 0 Å². The highest BCUT2D eigenvalue weighted by molar-refractivity contribution is 5.34. The monoisotopic (exact) mass is 272 g/mol. The Morgan fingerprint density at radius 3 is 1.50 bits per heavy atom. The molecular weight excluding hydrogens is 252 g/mol. The molecule has 0 amide bonds. The van der Waals surface area contributed by atoms with Gasteiger partial charge in [-0.3, -0.25) is 10.9 Å². The fraction of sp³-hybridized carbons (Fsp3) is 0.250. The van der Waals surface area contributed by atoms with Crippen LogP contribution in [0.5, 0.6) is 11.5 Å². The molecule has 0 saturated heterocycles. The molecular formula is C16H20N2O2. The van der Waals surface area contributed by atoms with Gasteiger partial charge in [-0.25, -0.2) is 0 Å². The molecule has 0 radical (unpaired) electrons. The second-order valence-corrected chi connectivity index (χ2v) is 4.33. The smallest absolute Gasteiger partial charge is 0.123 e. The van der Waals surface area contributed by atoms with E-state index in [1.807, 2.05) is 48.5 Å². The number of hydrazine groups is 1. The van der Waals surface area contributed by atoms with Crippen LogP contribution in [-0.4, -0.2) is 14.2 Å². The third-order valence-corrected chi connectivity index (χ3v) is 3.07. The average molecular weight is 272 g/mol. The Morgan fingerprint density at radius 2 is 1.10 bits per heavy atom. The molecule has 2 aromatic rings. The van der Waals surface area contributed by atoms with Gasteiger partial charge in [-0.05, 0) is 12.1 Å². The quantitative estimate of drug-likeness (QED) is 0.600. The zero-order valence-corrected chi connectivity index (χ0v) is 11.8. The number of hydrogen-bond donors (Lipinski definition) is 2. The van der Waals surface area contributed by atoms with E-state index < -0.39 is 0 Å². The summed E-state index contributed by atoms with van der Waals surface area (Å²) in [6, 6.07) is 15.9. The van der Waals surface area contributed by atoms with Crippen LogP contribution in [0.15, 0.2) is 48.5 Å². The molecule has 4 heteroatoms. The molecule has 2 N–H and O–H groups in total. The minimum atomic E-state index is 0.694. The van der Waals surface area contributed by atoms with Crippen LogP contribution in [-0.2, 0) is 13.1 Å². The summed E-state index contributed by atoms with van der Waals surface area (Å²) in [4.78, 5) is 0. The van der Waals surface area contributed by atoms with Crippen LogP contribution >= 0.6 is 0 Å². The highest BCUT2D eigenvalue weighted by atomic mass is 16.5. The number of ether oxygens (including phenoxy) is 2. The molecule has 0 aromatic heterocycles. The highest BCUT2D eigenvalue weighted by Crippen LogP contribution is 2.17. The Morgan fingerprint density at radius 1 is 0.700 bits per heavy atom. The van der Waals surface area contributed by atoms with Crippen molar-refractivity contribution in [3.63, 3.8) is 0 Å². The maximum atomic E-state index is 5.31. The molecule has 106 valence electrons. The molecule has 0 fully saturated rings. The summed E-state index contributed by atoms with van der Waals surface area (Å²) in [5.74, 6) is 1.78. The van der Waals surface area contributed by atoms with Crippen molar-refractivity contribution in [3.05, 3.63) is 59.7 Å². The number of hydrogen-bond acceptors (Lipinski definition) is 4. The van der Waals surface area contributed by atoms with Gasteiger partial charge in [0.15, 0.2) is 0 Å². The van der Waals surface area contributed by atoms with Gasteiger partial charge >= 0.3 is 0 Å². The summed E-state index contributed by atoms with van der Waals surface area (Å²) in [5.41, 5.74) is 8.61. The largest absolute Gasteiger partial charge is 0.496 e. The first-order valence-corrected chi connectivity index (χ1v) is 6.54. The SMILES string of the molecule is COc1ccccc1CNNCc1ccccc1OC. The summed E-state index contributed by atoms with van der Waals surface area (Å²) < 4.78 is 10.6. The summed E-state index contributed by atoms with van der Waals surface area (Å²) >= 11 is 0. The molecule has 0 spiro atoms. The molecule has 2 aromatic carbocycles. The van der Waals surface area contributed by atoms with E-state index in [-0.39, 0.29) is 0 Å². The maximum absolute atomic E-state index is 5.31. The zero-order chi connectivity index (χ0) is 14.2. The summed E-state index contributed by atoms with van der Waals surface area (Å²) in [5, 5.41) is 0. The highest BCUT2D eigenvalue weighted by Gasteiger charge is 2.02. The number of rotatable bonds is 7. The molecule has 0 atom stereocenters. The lowest BCUT2D eigenvalue weighted by Crippen LogP contribution is -2.30. The van der Waals surface area contributed by atoms with Gasteiger partial charge < -0.3 is 9.47 Å². The minimum absolute atomic E-state index is 0.694. The van der Waals surface area contributed by atoms with Gasteiger partial charge in [-0.15, -0.1) is 0 Å². The van der Waals surface area contributed by atoms with Crippen molar-refractivity contribution in [1.29, 1.82) is 0 Å². The van der Waals surface area contributed by atoms with Gasteiger partial charge in [-0.1, -0.05) is 36.4 Å². The van der Waals surface area contributed by atoms with E-state index >= 15 is 0 Å². The Hall–Kier alpha value is -2.04. The second kappa shape index (κ2) is 7.53. The Kier molecular flexibility index (Phi) is 5.41. The number of methoxy groups -OCH3 is 2. The number of benzene rings is 2. The van der Waals surface area contributed by atoms with Crippen LogP contribution in [0.4, 0.5) is 0 Å². The van der Waals surface area contributed by atoms with E-state index in [1.165, 1.54) is 0 Å². The van der Waals surface area contributed by atoms with Crippen molar-refractivity contribution in [2.75, 3.05) is 14.2 Å². The van der Waals surface area contributed by atoms with Crippen LogP contribution in [0.1, 0.15) is 11.1 Å². The Balaban J connectivity index is 1.84. The normalized spacial score (nSPS) is 10.3. The van der Waals surface area contributed by atoms with Gasteiger partial charge in [0.1, 0.15) is 11.5 Å². The lowest BCUT2D eigenvalue weighted by atomic mass is 10.2. The van der Waals surface area contributed by atoms with E-state index in [2.05, 4.69) is 10.9 Å². The lowest BCUT2D eigenvalue weighted by molar-refractivity contribution is 0.399. The topological polar surface area (TPSA) is 42.5 Å². The summed E-state index contributed by atoms with van der Waals surface area (Å²) in [7, 11) is 3.36. The molecule has 0 aliphatic carbocycles. The third-order valence-electron chi connectivity index (χ3n) is 3.07. The lowest BCUT2D eigenvalue weighted by Gasteiger charge is -2.12. The van der Waals surface area contributed by atoms with Crippen LogP contribution in [0, 0.1) is 0 Å².